The highest BCUT2D eigenvalue weighted by atomic mass is 32.1. The number of carbonyl (C=O) groups is 2. The van der Waals surface area contributed by atoms with Crippen molar-refractivity contribution in [1.29, 1.82) is 0 Å². The molecule has 2 N–H and O–H groups in total. The standard InChI is InChI=1S/C19H19N5O2S2/c1-12-21-16(11-27-12)13-4-2-5-14(8-13)22-17(25)9-15-10-28-19(23-15)24-7-3-6-20-18(24)26/h2,4-5,8,10-11H,3,6-7,9H2,1H3,(H,20,26)(H,22,25). The molecule has 3 amide bonds. The molecule has 3 heterocycles. The van der Waals surface area contributed by atoms with Crippen molar-refractivity contribution in [3.8, 4) is 11.3 Å². The van der Waals surface area contributed by atoms with Gasteiger partial charge in [-0.1, -0.05) is 12.1 Å². The summed E-state index contributed by atoms with van der Waals surface area (Å²) in [6.45, 7) is 3.30. The van der Waals surface area contributed by atoms with E-state index >= 15 is 0 Å². The lowest BCUT2D eigenvalue weighted by Gasteiger charge is -2.24. The molecule has 0 radical (unpaired) electrons. The molecular weight excluding hydrogens is 394 g/mol. The monoisotopic (exact) mass is 413 g/mol. The van der Waals surface area contributed by atoms with Crippen LogP contribution in [0.2, 0.25) is 0 Å². The van der Waals surface area contributed by atoms with E-state index in [0.717, 1.165) is 28.4 Å². The summed E-state index contributed by atoms with van der Waals surface area (Å²) in [5.74, 6) is -0.147. The Hall–Kier alpha value is -2.78. The number of amides is 3. The van der Waals surface area contributed by atoms with Gasteiger partial charge in [-0.3, -0.25) is 9.69 Å². The molecule has 0 aliphatic carbocycles. The number of urea groups is 1. The third-order valence-electron chi connectivity index (χ3n) is 4.25. The van der Waals surface area contributed by atoms with Crippen molar-refractivity contribution in [1.82, 2.24) is 15.3 Å². The summed E-state index contributed by atoms with van der Waals surface area (Å²) in [6.07, 6.45) is 1.04. The Balaban J connectivity index is 1.40. The molecule has 1 fully saturated rings. The van der Waals surface area contributed by atoms with Crippen LogP contribution in [-0.4, -0.2) is 35.0 Å². The highest BCUT2D eigenvalue weighted by molar-refractivity contribution is 7.14. The van der Waals surface area contributed by atoms with Gasteiger partial charge in [0.1, 0.15) is 0 Å². The molecule has 7 nitrogen and oxygen atoms in total. The van der Waals surface area contributed by atoms with Gasteiger partial charge in [0.2, 0.25) is 5.91 Å². The summed E-state index contributed by atoms with van der Waals surface area (Å²) < 4.78 is 0. The fourth-order valence-corrected chi connectivity index (χ4v) is 4.41. The second-order valence-corrected chi connectivity index (χ2v) is 8.31. The molecule has 1 aromatic carbocycles. The first-order valence-electron chi connectivity index (χ1n) is 8.91. The van der Waals surface area contributed by atoms with Crippen LogP contribution in [-0.2, 0) is 11.2 Å². The van der Waals surface area contributed by atoms with E-state index in [1.54, 1.807) is 16.2 Å². The molecule has 1 aliphatic rings. The topological polar surface area (TPSA) is 87.2 Å². The summed E-state index contributed by atoms with van der Waals surface area (Å²) >= 11 is 2.97. The number of rotatable bonds is 5. The second kappa shape index (κ2) is 8.07. The lowest BCUT2D eigenvalue weighted by atomic mass is 10.1. The van der Waals surface area contributed by atoms with Crippen LogP contribution in [0.25, 0.3) is 11.3 Å². The van der Waals surface area contributed by atoms with Gasteiger partial charge < -0.3 is 10.6 Å². The zero-order chi connectivity index (χ0) is 19.5. The van der Waals surface area contributed by atoms with Crippen LogP contribution in [0.3, 0.4) is 0 Å². The molecule has 0 atom stereocenters. The molecule has 3 aromatic rings. The Kier molecular flexibility index (Phi) is 5.36. The van der Waals surface area contributed by atoms with E-state index < -0.39 is 0 Å². The Bertz CT molecular complexity index is 1010. The highest BCUT2D eigenvalue weighted by Gasteiger charge is 2.22. The molecule has 0 spiro atoms. The van der Waals surface area contributed by atoms with Crippen molar-refractivity contribution < 1.29 is 9.59 Å². The van der Waals surface area contributed by atoms with E-state index in [1.165, 1.54) is 11.3 Å². The number of thiazole rings is 2. The average molecular weight is 414 g/mol. The molecular formula is C19H19N5O2S2. The number of nitrogens with zero attached hydrogens (tertiary/aromatic N) is 3. The van der Waals surface area contributed by atoms with Crippen molar-refractivity contribution in [3.05, 3.63) is 45.7 Å². The maximum absolute atomic E-state index is 12.4. The lowest BCUT2D eigenvalue weighted by Crippen LogP contribution is -2.46. The SMILES string of the molecule is Cc1nc(-c2cccc(NC(=O)Cc3csc(N4CCCNC4=O)n3)c2)cs1. The van der Waals surface area contributed by atoms with Crippen LogP contribution in [0.5, 0.6) is 0 Å². The van der Waals surface area contributed by atoms with Crippen LogP contribution in [0, 0.1) is 6.92 Å². The normalized spacial score (nSPS) is 14.0. The molecule has 1 saturated heterocycles. The minimum atomic E-state index is -0.147. The molecule has 0 unspecified atom stereocenters. The summed E-state index contributed by atoms with van der Waals surface area (Å²) in [6, 6.07) is 7.50. The predicted octanol–water partition coefficient (Wildman–Crippen LogP) is 3.68. The van der Waals surface area contributed by atoms with Crippen LogP contribution < -0.4 is 15.5 Å². The minimum Gasteiger partial charge on any atom is -0.338 e. The fraction of sp³-hybridized carbons (Fsp3) is 0.263. The number of benzene rings is 1. The van der Waals surface area contributed by atoms with Crippen LogP contribution in [0.4, 0.5) is 15.6 Å². The number of aryl methyl sites for hydroxylation is 1. The first kappa shape index (κ1) is 18.6. The van der Waals surface area contributed by atoms with E-state index in [9.17, 15) is 9.59 Å². The van der Waals surface area contributed by atoms with Crippen molar-refractivity contribution in [2.45, 2.75) is 19.8 Å². The van der Waals surface area contributed by atoms with Gasteiger partial charge in [0.15, 0.2) is 5.13 Å². The van der Waals surface area contributed by atoms with Crippen LogP contribution >= 0.6 is 22.7 Å². The lowest BCUT2D eigenvalue weighted by molar-refractivity contribution is -0.115. The van der Waals surface area contributed by atoms with Crippen molar-refractivity contribution in [2.24, 2.45) is 0 Å². The second-order valence-electron chi connectivity index (χ2n) is 6.42. The van der Waals surface area contributed by atoms with Crippen LogP contribution in [0.15, 0.2) is 35.0 Å². The van der Waals surface area contributed by atoms with Crippen molar-refractivity contribution >= 4 is 45.4 Å². The summed E-state index contributed by atoms with van der Waals surface area (Å²) in [7, 11) is 0. The Morgan fingerprint density at radius 3 is 2.96 bits per heavy atom. The largest absolute Gasteiger partial charge is 0.338 e. The predicted molar refractivity (Wildman–Crippen MR) is 112 cm³/mol. The summed E-state index contributed by atoms with van der Waals surface area (Å²) in [4.78, 5) is 34.9. The smallest absolute Gasteiger partial charge is 0.323 e. The zero-order valence-electron chi connectivity index (χ0n) is 15.3. The van der Waals surface area contributed by atoms with E-state index in [-0.39, 0.29) is 18.4 Å². The first-order valence-corrected chi connectivity index (χ1v) is 10.7. The quantitative estimate of drug-likeness (QED) is 0.668. The van der Waals surface area contributed by atoms with Gasteiger partial charge in [-0.25, -0.2) is 14.8 Å². The molecule has 28 heavy (non-hydrogen) atoms. The maximum Gasteiger partial charge on any atom is 0.323 e. The van der Waals surface area contributed by atoms with Gasteiger partial charge >= 0.3 is 6.03 Å². The Morgan fingerprint density at radius 2 is 2.18 bits per heavy atom. The molecule has 0 bridgehead atoms. The molecule has 2 aromatic heterocycles. The summed E-state index contributed by atoms with van der Waals surface area (Å²) in [5, 5.41) is 11.2. The highest BCUT2D eigenvalue weighted by Crippen LogP contribution is 2.25. The molecule has 9 heteroatoms. The van der Waals surface area contributed by atoms with Gasteiger partial charge in [0, 0.05) is 35.1 Å². The Labute approximate surface area is 170 Å². The van der Waals surface area contributed by atoms with Crippen molar-refractivity contribution in [3.63, 3.8) is 0 Å². The van der Waals surface area contributed by atoms with E-state index in [0.29, 0.717) is 23.9 Å². The summed E-state index contributed by atoms with van der Waals surface area (Å²) in [5.41, 5.74) is 3.25. The third-order valence-corrected chi connectivity index (χ3v) is 5.94. The van der Waals surface area contributed by atoms with Gasteiger partial charge in [0.25, 0.3) is 0 Å². The number of aromatic nitrogens is 2. The van der Waals surface area contributed by atoms with Gasteiger partial charge in [-0.15, -0.1) is 22.7 Å². The number of anilines is 2. The maximum atomic E-state index is 12.4. The number of nitrogens with one attached hydrogen (secondary N) is 2. The number of hydrogen-bond donors (Lipinski definition) is 2. The van der Waals surface area contributed by atoms with E-state index in [2.05, 4.69) is 20.6 Å². The van der Waals surface area contributed by atoms with E-state index in [4.69, 9.17) is 0 Å². The molecule has 0 saturated carbocycles. The van der Waals surface area contributed by atoms with Crippen molar-refractivity contribution in [2.75, 3.05) is 23.3 Å². The van der Waals surface area contributed by atoms with Gasteiger partial charge in [0.05, 0.1) is 22.8 Å². The van der Waals surface area contributed by atoms with Gasteiger partial charge in [-0.05, 0) is 25.5 Å². The average Bonchev–Trinajstić information content (AvgIpc) is 3.31. The first-order chi connectivity index (χ1) is 13.6. The third kappa shape index (κ3) is 4.20. The molecule has 1 aliphatic heterocycles. The minimum absolute atomic E-state index is 0.134. The Morgan fingerprint density at radius 1 is 1.29 bits per heavy atom. The van der Waals surface area contributed by atoms with Crippen LogP contribution in [0.1, 0.15) is 17.1 Å². The van der Waals surface area contributed by atoms with Gasteiger partial charge in [-0.2, -0.15) is 0 Å². The fourth-order valence-electron chi connectivity index (χ4n) is 2.94. The molecule has 144 valence electrons. The molecule has 4 rings (SSSR count). The number of carbonyl (C=O) groups excluding carboxylic acids is 2. The zero-order valence-corrected chi connectivity index (χ0v) is 16.9. The van der Waals surface area contributed by atoms with E-state index in [1.807, 2.05) is 41.9 Å². The number of hydrogen-bond acceptors (Lipinski definition) is 6.